The maximum absolute atomic E-state index is 12.4. The van der Waals surface area contributed by atoms with Gasteiger partial charge in [0.05, 0.1) is 0 Å². The molecule has 0 atom stereocenters. The van der Waals surface area contributed by atoms with Crippen LogP contribution in [0.15, 0.2) is 0 Å². The second-order valence-electron chi connectivity index (χ2n) is 5.81. The molecule has 0 aromatic heterocycles. The highest BCUT2D eigenvalue weighted by Crippen LogP contribution is 2.33. The van der Waals surface area contributed by atoms with Crippen LogP contribution in [0.25, 0.3) is 0 Å². The number of amides is 4. The van der Waals surface area contributed by atoms with Gasteiger partial charge in [-0.15, -0.1) is 0 Å². The summed E-state index contributed by atoms with van der Waals surface area (Å²) in [5.41, 5.74) is -0.727. The average Bonchev–Trinajstić information content (AvgIpc) is 3.16. The Kier molecular flexibility index (Phi) is 2.95. The summed E-state index contributed by atoms with van der Waals surface area (Å²) in [5, 5.41) is 5.60. The van der Waals surface area contributed by atoms with Gasteiger partial charge in [-0.05, 0) is 25.7 Å². The zero-order valence-electron chi connectivity index (χ0n) is 10.9. The van der Waals surface area contributed by atoms with Gasteiger partial charge in [0.2, 0.25) is 5.91 Å². The highest BCUT2D eigenvalue weighted by Gasteiger charge is 2.51. The van der Waals surface area contributed by atoms with Gasteiger partial charge in [0.25, 0.3) is 5.91 Å². The predicted octanol–water partition coefficient (Wildman–Crippen LogP) is 0.520. The summed E-state index contributed by atoms with van der Waals surface area (Å²) >= 11 is 0. The van der Waals surface area contributed by atoms with E-state index in [4.69, 9.17) is 0 Å². The summed E-state index contributed by atoms with van der Waals surface area (Å²) in [4.78, 5) is 37.1. The number of carbonyl (C=O) groups excluding carboxylic acids is 3. The molecule has 104 valence electrons. The van der Waals surface area contributed by atoms with Crippen molar-refractivity contribution < 1.29 is 14.4 Å². The molecular weight excluding hydrogens is 246 g/mol. The fourth-order valence-electron chi connectivity index (χ4n) is 2.96. The number of rotatable bonds is 3. The summed E-state index contributed by atoms with van der Waals surface area (Å²) in [6.07, 6.45) is 6.39. The van der Waals surface area contributed by atoms with E-state index in [1.807, 2.05) is 0 Å². The molecule has 1 heterocycles. The van der Waals surface area contributed by atoms with Gasteiger partial charge in [-0.1, -0.05) is 19.3 Å². The van der Waals surface area contributed by atoms with Gasteiger partial charge in [-0.25, -0.2) is 4.79 Å². The van der Waals surface area contributed by atoms with Crippen molar-refractivity contribution >= 4 is 17.8 Å². The molecule has 1 saturated heterocycles. The Bertz CT molecular complexity index is 425. The van der Waals surface area contributed by atoms with Crippen LogP contribution in [-0.4, -0.2) is 40.9 Å². The van der Waals surface area contributed by atoms with Crippen molar-refractivity contribution in [3.8, 4) is 0 Å². The van der Waals surface area contributed by atoms with Crippen LogP contribution in [0.2, 0.25) is 0 Å². The fourth-order valence-corrected chi connectivity index (χ4v) is 2.96. The third-order valence-corrected chi connectivity index (χ3v) is 4.20. The van der Waals surface area contributed by atoms with Crippen LogP contribution < -0.4 is 10.6 Å². The van der Waals surface area contributed by atoms with Crippen molar-refractivity contribution in [1.82, 2.24) is 15.5 Å². The van der Waals surface area contributed by atoms with Crippen LogP contribution in [0, 0.1) is 0 Å². The normalized spacial score (nSPS) is 25.6. The first-order chi connectivity index (χ1) is 9.11. The Labute approximate surface area is 111 Å². The topological polar surface area (TPSA) is 78.5 Å². The predicted molar refractivity (Wildman–Crippen MR) is 67.2 cm³/mol. The molecule has 0 unspecified atom stereocenters. The molecule has 19 heavy (non-hydrogen) atoms. The molecule has 2 aliphatic carbocycles. The number of hydrogen-bond donors (Lipinski definition) is 2. The zero-order valence-corrected chi connectivity index (χ0v) is 10.9. The first-order valence-electron chi connectivity index (χ1n) is 7.04. The largest absolute Gasteiger partial charge is 0.352 e. The summed E-state index contributed by atoms with van der Waals surface area (Å²) in [5.74, 6) is -0.456. The molecule has 0 radical (unpaired) electrons. The zero-order chi connectivity index (χ0) is 13.5. The van der Waals surface area contributed by atoms with Crippen molar-refractivity contribution in [1.29, 1.82) is 0 Å². The second-order valence-corrected chi connectivity index (χ2v) is 5.81. The van der Waals surface area contributed by atoms with E-state index >= 15 is 0 Å². The van der Waals surface area contributed by atoms with Crippen molar-refractivity contribution in [3.05, 3.63) is 0 Å². The van der Waals surface area contributed by atoms with Crippen LogP contribution in [0.5, 0.6) is 0 Å². The first kappa shape index (κ1) is 12.4. The minimum atomic E-state index is -0.727. The summed E-state index contributed by atoms with van der Waals surface area (Å²) in [6, 6.07) is -0.172. The Hall–Kier alpha value is -1.59. The molecule has 1 aliphatic heterocycles. The third-order valence-electron chi connectivity index (χ3n) is 4.20. The number of nitrogens with one attached hydrogen (secondary N) is 2. The lowest BCUT2D eigenvalue weighted by Crippen LogP contribution is -2.49. The van der Waals surface area contributed by atoms with E-state index in [-0.39, 0.29) is 24.4 Å². The van der Waals surface area contributed by atoms with E-state index in [2.05, 4.69) is 10.6 Å². The number of imide groups is 1. The van der Waals surface area contributed by atoms with Crippen molar-refractivity contribution in [2.45, 2.75) is 56.5 Å². The van der Waals surface area contributed by atoms with Crippen molar-refractivity contribution in [2.24, 2.45) is 0 Å². The second kappa shape index (κ2) is 4.51. The maximum atomic E-state index is 12.4. The van der Waals surface area contributed by atoms with Gasteiger partial charge in [0.15, 0.2) is 0 Å². The highest BCUT2D eigenvalue weighted by atomic mass is 16.2. The number of hydrogen-bond acceptors (Lipinski definition) is 3. The fraction of sp³-hybridized carbons (Fsp3) is 0.769. The summed E-state index contributed by atoms with van der Waals surface area (Å²) in [6.45, 7) is -0.150. The third kappa shape index (κ3) is 2.31. The van der Waals surface area contributed by atoms with E-state index in [0.29, 0.717) is 12.8 Å². The van der Waals surface area contributed by atoms with Gasteiger partial charge >= 0.3 is 6.03 Å². The van der Waals surface area contributed by atoms with Crippen LogP contribution in [0.3, 0.4) is 0 Å². The quantitative estimate of drug-likeness (QED) is 0.730. The van der Waals surface area contributed by atoms with Crippen LogP contribution in [0.1, 0.15) is 44.9 Å². The Balaban J connectivity index is 1.66. The number of nitrogens with zero attached hydrogens (tertiary/aromatic N) is 1. The highest BCUT2D eigenvalue weighted by molar-refractivity contribution is 6.09. The van der Waals surface area contributed by atoms with Crippen molar-refractivity contribution in [2.75, 3.05) is 6.54 Å². The summed E-state index contributed by atoms with van der Waals surface area (Å²) in [7, 11) is 0. The molecule has 1 spiro atoms. The molecular formula is C13H19N3O3. The van der Waals surface area contributed by atoms with E-state index < -0.39 is 11.6 Å². The first-order valence-corrected chi connectivity index (χ1v) is 7.04. The van der Waals surface area contributed by atoms with E-state index in [1.54, 1.807) is 0 Å². The molecule has 3 rings (SSSR count). The lowest BCUT2D eigenvalue weighted by atomic mass is 9.82. The standard InChI is InChI=1S/C13H19N3O3/c17-10(14-9-4-5-9)8-16-11(18)13(15-12(16)19)6-2-1-3-7-13/h9H,1-8H2,(H,14,17)(H,15,19). The molecule has 6 heteroatoms. The minimum Gasteiger partial charge on any atom is -0.352 e. The smallest absolute Gasteiger partial charge is 0.325 e. The number of urea groups is 1. The van der Waals surface area contributed by atoms with Gasteiger partial charge in [0.1, 0.15) is 12.1 Å². The SMILES string of the molecule is O=C(CN1C(=O)NC2(CCCCC2)C1=O)NC1CC1. The molecule has 3 fully saturated rings. The lowest BCUT2D eigenvalue weighted by Gasteiger charge is -2.30. The van der Waals surface area contributed by atoms with Crippen LogP contribution >= 0.6 is 0 Å². The molecule has 3 aliphatic rings. The molecule has 2 saturated carbocycles. The van der Waals surface area contributed by atoms with Crippen LogP contribution in [0.4, 0.5) is 4.79 Å². The van der Waals surface area contributed by atoms with Gasteiger partial charge < -0.3 is 10.6 Å². The van der Waals surface area contributed by atoms with Crippen LogP contribution in [-0.2, 0) is 9.59 Å². The monoisotopic (exact) mass is 265 g/mol. The Morgan fingerprint density at radius 3 is 2.58 bits per heavy atom. The van der Waals surface area contributed by atoms with E-state index in [9.17, 15) is 14.4 Å². The minimum absolute atomic E-state index is 0.150. The van der Waals surface area contributed by atoms with Crippen molar-refractivity contribution in [3.63, 3.8) is 0 Å². The van der Waals surface area contributed by atoms with Gasteiger partial charge in [-0.3, -0.25) is 14.5 Å². The molecule has 0 aromatic rings. The molecule has 2 N–H and O–H groups in total. The van der Waals surface area contributed by atoms with Gasteiger partial charge in [0, 0.05) is 6.04 Å². The Morgan fingerprint density at radius 1 is 1.26 bits per heavy atom. The van der Waals surface area contributed by atoms with E-state index in [0.717, 1.165) is 37.0 Å². The average molecular weight is 265 g/mol. The summed E-state index contributed by atoms with van der Waals surface area (Å²) < 4.78 is 0. The van der Waals surface area contributed by atoms with Gasteiger partial charge in [-0.2, -0.15) is 0 Å². The maximum Gasteiger partial charge on any atom is 0.325 e. The lowest BCUT2D eigenvalue weighted by molar-refractivity contribution is -0.135. The number of carbonyl (C=O) groups is 3. The molecule has 0 bridgehead atoms. The molecule has 0 aromatic carbocycles. The molecule has 4 amide bonds. The molecule has 6 nitrogen and oxygen atoms in total. The van der Waals surface area contributed by atoms with E-state index in [1.165, 1.54) is 0 Å². The Morgan fingerprint density at radius 2 is 1.95 bits per heavy atom.